The average molecular weight is 784 g/mol. The number of ether oxygens (including phenoxy) is 3. The number of allylic oxidation sites excluding steroid dienone is 1. The molecule has 1 aromatic heterocycles. The van der Waals surface area contributed by atoms with Crippen molar-refractivity contribution in [1.82, 2.24) is 25.2 Å². The van der Waals surface area contributed by atoms with Gasteiger partial charge in [0.05, 0.1) is 37.5 Å². The maximum absolute atomic E-state index is 14.7. The number of hydrogen-bond acceptors (Lipinski definition) is 11. The first-order valence-corrected chi connectivity index (χ1v) is 20.2. The second-order valence-electron chi connectivity index (χ2n) is 16.0. The van der Waals surface area contributed by atoms with Crippen molar-refractivity contribution in [2.45, 2.75) is 103 Å². The third-order valence-corrected chi connectivity index (χ3v) is 12.9. The molecular formula is C39H53N5O10S. The van der Waals surface area contributed by atoms with Crippen LogP contribution in [0.2, 0.25) is 0 Å². The van der Waals surface area contributed by atoms with Gasteiger partial charge in [0, 0.05) is 24.4 Å². The van der Waals surface area contributed by atoms with Crippen molar-refractivity contribution >= 4 is 50.4 Å². The molecule has 15 nitrogen and oxygen atoms in total. The smallest absolute Gasteiger partial charge is 0.328 e. The summed E-state index contributed by atoms with van der Waals surface area (Å²) < 4.78 is 44.4. The first-order valence-electron chi connectivity index (χ1n) is 18.6. The van der Waals surface area contributed by atoms with Gasteiger partial charge in [0.2, 0.25) is 27.7 Å². The highest BCUT2D eigenvalue weighted by atomic mass is 32.2. The van der Waals surface area contributed by atoms with Crippen LogP contribution >= 0.6 is 0 Å². The van der Waals surface area contributed by atoms with Crippen LogP contribution in [0.15, 0.2) is 43.1 Å². The molecule has 0 spiro atoms. The molecule has 55 heavy (non-hydrogen) atoms. The Balaban J connectivity index is 1.44. The first kappa shape index (κ1) is 41.4. The van der Waals surface area contributed by atoms with E-state index in [1.165, 1.54) is 12.0 Å². The van der Waals surface area contributed by atoms with Crippen LogP contribution in [0.4, 0.5) is 4.79 Å². The summed E-state index contributed by atoms with van der Waals surface area (Å²) in [6.07, 6.45) is 3.81. The van der Waals surface area contributed by atoms with Gasteiger partial charge >= 0.3 is 12.0 Å². The number of nitrogens with zero attached hydrogens (tertiary/aromatic N) is 2. The number of rotatable bonds is 16. The Morgan fingerprint density at radius 1 is 1.11 bits per heavy atom. The van der Waals surface area contributed by atoms with Gasteiger partial charge in [-0.25, -0.2) is 23.0 Å². The quantitative estimate of drug-likeness (QED) is 0.166. The number of hydrogen-bond donors (Lipinski definition) is 3. The zero-order chi connectivity index (χ0) is 40.5. The Hall–Kier alpha value is -4.73. The highest BCUT2D eigenvalue weighted by Crippen LogP contribution is 2.57. The molecule has 4 amide bonds. The van der Waals surface area contributed by atoms with Crippen LogP contribution in [0.1, 0.15) is 73.1 Å². The Morgan fingerprint density at radius 3 is 2.40 bits per heavy atom. The van der Waals surface area contributed by atoms with E-state index in [0.717, 1.165) is 5.39 Å². The van der Waals surface area contributed by atoms with E-state index in [1.807, 2.05) is 13.0 Å². The number of benzene rings is 1. The number of sulfonamides is 1. The van der Waals surface area contributed by atoms with Crippen molar-refractivity contribution in [1.29, 1.82) is 0 Å². The third kappa shape index (κ3) is 9.05. The van der Waals surface area contributed by atoms with E-state index in [-0.39, 0.29) is 37.6 Å². The lowest BCUT2D eigenvalue weighted by atomic mass is 9.85. The number of methoxy groups -OCH3 is 2. The van der Waals surface area contributed by atoms with Crippen LogP contribution in [0, 0.1) is 22.7 Å². The monoisotopic (exact) mass is 783 g/mol. The van der Waals surface area contributed by atoms with Crippen molar-refractivity contribution in [2.75, 3.05) is 20.8 Å². The Kier molecular flexibility index (Phi) is 12.2. The first-order chi connectivity index (χ1) is 25.9. The minimum absolute atomic E-state index is 0.0388. The van der Waals surface area contributed by atoms with Gasteiger partial charge in [0.25, 0.3) is 0 Å². The van der Waals surface area contributed by atoms with Crippen LogP contribution in [-0.2, 0) is 33.9 Å². The Labute approximate surface area is 322 Å². The lowest BCUT2D eigenvalue weighted by Gasteiger charge is -2.36. The van der Waals surface area contributed by atoms with Crippen molar-refractivity contribution in [2.24, 2.45) is 22.7 Å². The molecule has 0 radical (unpaired) electrons. The Morgan fingerprint density at radius 2 is 1.82 bits per heavy atom. The predicted octanol–water partition coefficient (Wildman–Crippen LogP) is 3.65. The van der Waals surface area contributed by atoms with Crippen LogP contribution in [0.5, 0.6) is 11.6 Å². The van der Waals surface area contributed by atoms with E-state index in [1.54, 1.807) is 65.3 Å². The molecule has 0 unspecified atom stereocenters. The van der Waals surface area contributed by atoms with E-state index in [9.17, 15) is 32.4 Å². The van der Waals surface area contributed by atoms with Gasteiger partial charge in [-0.3, -0.25) is 19.1 Å². The number of amides is 4. The topological polar surface area (TPSA) is 199 Å². The number of aromatic nitrogens is 1. The second-order valence-corrected chi connectivity index (χ2v) is 18.0. The molecule has 2 aliphatic carbocycles. The Bertz CT molecular complexity index is 1940. The van der Waals surface area contributed by atoms with Crippen LogP contribution < -0.4 is 24.8 Å². The maximum Gasteiger partial charge on any atom is 0.328 e. The summed E-state index contributed by atoms with van der Waals surface area (Å²) in [5.74, 6) is -2.22. The lowest BCUT2D eigenvalue weighted by molar-refractivity contribution is -0.144. The summed E-state index contributed by atoms with van der Waals surface area (Å²) in [6.45, 7) is 12.7. The molecule has 1 aliphatic heterocycles. The van der Waals surface area contributed by atoms with Crippen molar-refractivity contribution in [3.05, 3.63) is 43.1 Å². The zero-order valence-electron chi connectivity index (χ0n) is 32.5. The number of carbonyl (C=O) groups is 5. The third-order valence-electron chi connectivity index (χ3n) is 11.0. The number of Topliss-reactive ketones (excluding diaryl/α,β-unsaturated/α-hetero) is 1. The van der Waals surface area contributed by atoms with Gasteiger partial charge in [0.1, 0.15) is 23.9 Å². The molecule has 2 heterocycles. The molecule has 3 N–H and O–H groups in total. The van der Waals surface area contributed by atoms with Gasteiger partial charge in [-0.2, -0.15) is 0 Å². The van der Waals surface area contributed by atoms with Gasteiger partial charge in [-0.15, -0.1) is 6.58 Å². The predicted molar refractivity (Wildman–Crippen MR) is 203 cm³/mol. The maximum atomic E-state index is 14.7. The molecule has 7 atom stereocenters. The lowest BCUT2D eigenvalue weighted by Crippen LogP contribution is -2.60. The summed E-state index contributed by atoms with van der Waals surface area (Å²) in [5, 5.41) is 6.25. The van der Waals surface area contributed by atoms with Gasteiger partial charge < -0.3 is 29.7 Å². The zero-order valence-corrected chi connectivity index (χ0v) is 33.4. The van der Waals surface area contributed by atoms with Crippen LogP contribution in [0.3, 0.4) is 0 Å². The van der Waals surface area contributed by atoms with Gasteiger partial charge in [-0.1, -0.05) is 47.1 Å². The molecule has 2 saturated carbocycles. The summed E-state index contributed by atoms with van der Waals surface area (Å²) in [7, 11) is -1.10. The summed E-state index contributed by atoms with van der Waals surface area (Å²) >= 11 is 0. The van der Waals surface area contributed by atoms with E-state index < -0.39 is 85.8 Å². The fraction of sp³-hybridized carbons (Fsp3) is 0.590. The number of likely N-dealkylation sites (tertiary alicyclic amines) is 1. The molecule has 3 aliphatic rings. The molecule has 16 heteroatoms. The van der Waals surface area contributed by atoms with E-state index >= 15 is 0 Å². The standard InChI is InChI=1S/C39H53N5O10S/c1-9-22(3)31(35(47)53-8)41-37(49)42-32(38(4,5)6)34(46)44-21-26(54-33-28-14-11-25(52-7)17-23(28)15-16-40-33)18-29(44)30(45)20-39(19-24(39)10-2)36(48)43-55(50,51)27-12-13-27/h10-11,14-17,22,24,26-27,29,31-32H,2,9,12-13,18-21H2,1,3-8H3,(H,43,48)(H2,41,42,49)/t22-,24+,26+,29-,31-,32+,39+/m0/s1. The second kappa shape index (κ2) is 16.2. The van der Waals surface area contributed by atoms with E-state index in [2.05, 4.69) is 26.9 Å². The highest BCUT2D eigenvalue weighted by Gasteiger charge is 2.61. The minimum atomic E-state index is -3.89. The van der Waals surface area contributed by atoms with Crippen LogP contribution in [0.25, 0.3) is 10.8 Å². The fourth-order valence-electron chi connectivity index (χ4n) is 7.17. The molecule has 3 fully saturated rings. The molecule has 1 aromatic carbocycles. The van der Waals surface area contributed by atoms with E-state index in [4.69, 9.17) is 14.2 Å². The number of urea groups is 1. The molecule has 5 rings (SSSR count). The number of fused-ring (bicyclic) bond motifs is 1. The summed E-state index contributed by atoms with van der Waals surface area (Å²) in [6, 6.07) is 3.19. The minimum Gasteiger partial charge on any atom is -0.497 e. The average Bonchev–Trinajstić information content (AvgIpc) is 4.08. The van der Waals surface area contributed by atoms with E-state index in [0.29, 0.717) is 30.4 Å². The van der Waals surface area contributed by atoms with Gasteiger partial charge in [0.15, 0.2) is 5.78 Å². The van der Waals surface area contributed by atoms with Crippen molar-refractivity contribution in [3.8, 4) is 11.6 Å². The van der Waals surface area contributed by atoms with Gasteiger partial charge in [-0.05, 0) is 66.2 Å². The summed E-state index contributed by atoms with van der Waals surface area (Å²) in [5.41, 5.74) is -2.22. The number of ketones is 1. The normalized spacial score (nSPS) is 23.8. The molecule has 1 saturated heterocycles. The number of pyridine rings is 1. The van der Waals surface area contributed by atoms with Crippen molar-refractivity contribution < 1.29 is 46.6 Å². The number of nitrogens with one attached hydrogen (secondary N) is 3. The van der Waals surface area contributed by atoms with Crippen LogP contribution in [-0.4, -0.2) is 98.1 Å². The molecule has 2 aromatic rings. The number of carbonyl (C=O) groups excluding carboxylic acids is 5. The number of esters is 1. The summed E-state index contributed by atoms with van der Waals surface area (Å²) in [4.78, 5) is 74.5. The highest BCUT2D eigenvalue weighted by molar-refractivity contribution is 7.90. The molecule has 0 bridgehead atoms. The SMILES string of the molecule is C=C[C@@H]1C[C@]1(CC(=O)[C@@H]1C[C@@H](Oc2nccc3cc(OC)ccc23)CN1C(=O)[C@@H](NC(=O)N[C@H](C(=O)OC)[C@@H](C)CC)C(C)(C)C)C(=O)NS(=O)(=O)C1CC1. The largest absolute Gasteiger partial charge is 0.497 e. The van der Waals surface area contributed by atoms with Crippen molar-refractivity contribution in [3.63, 3.8) is 0 Å². The fourth-order valence-corrected chi connectivity index (χ4v) is 8.56. The molecular weight excluding hydrogens is 731 g/mol. The molecule has 300 valence electrons.